The Morgan fingerprint density at radius 2 is 1.77 bits per heavy atom. The van der Waals surface area contributed by atoms with Crippen LogP contribution in [0.15, 0.2) is 91.5 Å². The molecule has 150 valence electrons. The molecule has 1 amide bonds. The second kappa shape index (κ2) is 8.78. The van der Waals surface area contributed by atoms with Crippen molar-refractivity contribution in [3.05, 3.63) is 125 Å². The standard InChI is InChI=1S/C26H25N3O/c1-19-8-13-24(20(2)16-19)25(22-6-4-3-5-7-22)28-26(30)23-11-9-21(10-12-23)17-29-15-14-27-18-29/h3-16,18,25H,17H2,1-2H3,(H,28,30)/t25-/m1/s1. The van der Waals surface area contributed by atoms with Crippen LogP contribution in [0.4, 0.5) is 0 Å². The van der Waals surface area contributed by atoms with E-state index >= 15 is 0 Å². The highest BCUT2D eigenvalue weighted by molar-refractivity contribution is 5.94. The Kier molecular flexibility index (Phi) is 5.75. The summed E-state index contributed by atoms with van der Waals surface area (Å²) in [7, 11) is 0. The molecular formula is C26H25N3O. The molecule has 0 saturated heterocycles. The number of benzene rings is 3. The predicted octanol–water partition coefficient (Wildman–Crippen LogP) is 5.07. The summed E-state index contributed by atoms with van der Waals surface area (Å²) >= 11 is 0. The fourth-order valence-electron chi connectivity index (χ4n) is 3.70. The van der Waals surface area contributed by atoms with Crippen LogP contribution < -0.4 is 5.32 Å². The average Bonchev–Trinajstić information content (AvgIpc) is 3.26. The van der Waals surface area contributed by atoms with Gasteiger partial charge in [0.15, 0.2) is 0 Å². The molecule has 3 aromatic carbocycles. The molecule has 0 saturated carbocycles. The summed E-state index contributed by atoms with van der Waals surface area (Å²) in [5.74, 6) is -0.0852. The van der Waals surface area contributed by atoms with Crippen molar-refractivity contribution in [1.82, 2.24) is 14.9 Å². The van der Waals surface area contributed by atoms with E-state index in [1.807, 2.05) is 53.2 Å². The van der Waals surface area contributed by atoms with Crippen molar-refractivity contribution in [2.75, 3.05) is 0 Å². The molecule has 0 aliphatic carbocycles. The number of imidazole rings is 1. The molecule has 1 heterocycles. The number of hydrogen-bond donors (Lipinski definition) is 1. The summed E-state index contributed by atoms with van der Waals surface area (Å²) in [5.41, 5.74) is 6.32. The van der Waals surface area contributed by atoms with Crippen LogP contribution in [0.1, 0.15) is 44.2 Å². The first-order chi connectivity index (χ1) is 14.6. The summed E-state index contributed by atoms with van der Waals surface area (Å²) < 4.78 is 2.00. The third kappa shape index (κ3) is 4.49. The average molecular weight is 396 g/mol. The number of aromatic nitrogens is 2. The Bertz CT molecular complexity index is 1120. The van der Waals surface area contributed by atoms with Gasteiger partial charge in [0.2, 0.25) is 0 Å². The summed E-state index contributed by atoms with van der Waals surface area (Å²) in [6.45, 7) is 4.91. The maximum Gasteiger partial charge on any atom is 0.252 e. The van der Waals surface area contributed by atoms with E-state index in [1.54, 1.807) is 12.5 Å². The zero-order valence-electron chi connectivity index (χ0n) is 17.2. The molecular weight excluding hydrogens is 370 g/mol. The minimum absolute atomic E-state index is 0.0852. The molecule has 0 spiro atoms. The largest absolute Gasteiger partial charge is 0.341 e. The topological polar surface area (TPSA) is 46.9 Å². The van der Waals surface area contributed by atoms with Crippen LogP contribution in [0.2, 0.25) is 0 Å². The molecule has 0 fully saturated rings. The van der Waals surface area contributed by atoms with Gasteiger partial charge in [-0.05, 0) is 48.2 Å². The summed E-state index contributed by atoms with van der Waals surface area (Å²) in [5, 5.41) is 3.24. The molecule has 30 heavy (non-hydrogen) atoms. The van der Waals surface area contributed by atoms with Crippen molar-refractivity contribution in [2.45, 2.75) is 26.4 Å². The lowest BCUT2D eigenvalue weighted by molar-refractivity contribution is 0.0943. The van der Waals surface area contributed by atoms with E-state index in [9.17, 15) is 4.79 Å². The van der Waals surface area contributed by atoms with Crippen molar-refractivity contribution in [1.29, 1.82) is 0 Å². The number of nitrogens with one attached hydrogen (secondary N) is 1. The van der Waals surface area contributed by atoms with Crippen LogP contribution >= 0.6 is 0 Å². The fourth-order valence-corrected chi connectivity index (χ4v) is 3.70. The van der Waals surface area contributed by atoms with Gasteiger partial charge in [0.25, 0.3) is 5.91 Å². The Balaban J connectivity index is 1.57. The first kappa shape index (κ1) is 19.6. The minimum Gasteiger partial charge on any atom is -0.341 e. The third-order valence-corrected chi connectivity index (χ3v) is 5.29. The predicted molar refractivity (Wildman–Crippen MR) is 119 cm³/mol. The van der Waals surface area contributed by atoms with E-state index in [1.165, 1.54) is 11.1 Å². The van der Waals surface area contributed by atoms with Gasteiger partial charge < -0.3 is 9.88 Å². The Morgan fingerprint density at radius 1 is 1.00 bits per heavy atom. The van der Waals surface area contributed by atoms with E-state index in [2.05, 4.69) is 54.5 Å². The van der Waals surface area contributed by atoms with Crippen LogP contribution in [0.3, 0.4) is 0 Å². The summed E-state index contributed by atoms with van der Waals surface area (Å²) in [4.78, 5) is 17.1. The maximum atomic E-state index is 13.1. The molecule has 4 heteroatoms. The van der Waals surface area contributed by atoms with Gasteiger partial charge in [-0.15, -0.1) is 0 Å². The number of aryl methyl sites for hydroxylation is 2. The molecule has 1 aromatic heterocycles. The Morgan fingerprint density at radius 3 is 2.43 bits per heavy atom. The van der Waals surface area contributed by atoms with Crippen molar-refractivity contribution >= 4 is 5.91 Å². The molecule has 1 N–H and O–H groups in total. The van der Waals surface area contributed by atoms with E-state index in [0.717, 1.165) is 23.2 Å². The second-order valence-corrected chi connectivity index (χ2v) is 7.61. The van der Waals surface area contributed by atoms with Gasteiger partial charge in [-0.3, -0.25) is 4.79 Å². The molecule has 0 unspecified atom stereocenters. The molecule has 0 aliphatic heterocycles. The third-order valence-electron chi connectivity index (χ3n) is 5.29. The van der Waals surface area contributed by atoms with Crippen LogP contribution in [0, 0.1) is 13.8 Å². The van der Waals surface area contributed by atoms with Gasteiger partial charge in [0.1, 0.15) is 0 Å². The van der Waals surface area contributed by atoms with E-state index in [-0.39, 0.29) is 11.9 Å². The smallest absolute Gasteiger partial charge is 0.252 e. The number of carbonyl (C=O) groups excluding carboxylic acids is 1. The number of rotatable bonds is 6. The van der Waals surface area contributed by atoms with Gasteiger partial charge in [-0.2, -0.15) is 0 Å². The van der Waals surface area contributed by atoms with Crippen LogP contribution in [-0.2, 0) is 6.54 Å². The summed E-state index contributed by atoms with van der Waals surface area (Å²) in [6, 6.07) is 24.0. The molecule has 0 bridgehead atoms. The number of amides is 1. The number of nitrogens with zero attached hydrogens (tertiary/aromatic N) is 2. The van der Waals surface area contributed by atoms with Crippen LogP contribution in [-0.4, -0.2) is 15.5 Å². The second-order valence-electron chi connectivity index (χ2n) is 7.61. The van der Waals surface area contributed by atoms with Crippen molar-refractivity contribution in [2.24, 2.45) is 0 Å². The van der Waals surface area contributed by atoms with E-state index in [0.29, 0.717) is 5.56 Å². The quantitative estimate of drug-likeness (QED) is 0.496. The van der Waals surface area contributed by atoms with Gasteiger partial charge in [-0.25, -0.2) is 4.98 Å². The molecule has 0 aliphatic rings. The lowest BCUT2D eigenvalue weighted by atomic mass is 9.93. The van der Waals surface area contributed by atoms with Gasteiger partial charge in [0.05, 0.1) is 12.4 Å². The summed E-state index contributed by atoms with van der Waals surface area (Å²) in [6.07, 6.45) is 5.47. The SMILES string of the molecule is Cc1ccc([C@H](NC(=O)c2ccc(Cn3ccnc3)cc2)c2ccccc2)c(C)c1. The highest BCUT2D eigenvalue weighted by Gasteiger charge is 2.19. The first-order valence-corrected chi connectivity index (χ1v) is 10.1. The zero-order valence-corrected chi connectivity index (χ0v) is 17.2. The monoisotopic (exact) mass is 395 g/mol. The number of hydrogen-bond acceptors (Lipinski definition) is 2. The Hall–Kier alpha value is -3.66. The zero-order chi connectivity index (χ0) is 20.9. The molecule has 4 nitrogen and oxygen atoms in total. The molecule has 0 radical (unpaired) electrons. The highest BCUT2D eigenvalue weighted by atomic mass is 16.1. The minimum atomic E-state index is -0.204. The fraction of sp³-hybridized carbons (Fsp3) is 0.154. The highest BCUT2D eigenvalue weighted by Crippen LogP contribution is 2.26. The molecule has 4 aromatic rings. The van der Waals surface area contributed by atoms with E-state index in [4.69, 9.17) is 0 Å². The van der Waals surface area contributed by atoms with E-state index < -0.39 is 0 Å². The molecule has 4 rings (SSSR count). The van der Waals surface area contributed by atoms with Crippen molar-refractivity contribution in [3.8, 4) is 0 Å². The lowest BCUT2D eigenvalue weighted by Crippen LogP contribution is -2.29. The van der Waals surface area contributed by atoms with Crippen LogP contribution in [0.5, 0.6) is 0 Å². The number of carbonyl (C=O) groups is 1. The van der Waals surface area contributed by atoms with Crippen LogP contribution in [0.25, 0.3) is 0 Å². The van der Waals surface area contributed by atoms with Gasteiger partial charge >= 0.3 is 0 Å². The van der Waals surface area contributed by atoms with Crippen molar-refractivity contribution in [3.63, 3.8) is 0 Å². The first-order valence-electron chi connectivity index (χ1n) is 10.1. The molecule has 1 atom stereocenters. The van der Waals surface area contributed by atoms with Gasteiger partial charge in [-0.1, -0.05) is 66.2 Å². The van der Waals surface area contributed by atoms with Gasteiger partial charge in [0, 0.05) is 24.5 Å². The maximum absolute atomic E-state index is 13.1. The Labute approximate surface area is 177 Å². The van der Waals surface area contributed by atoms with Crippen molar-refractivity contribution < 1.29 is 4.79 Å². The lowest BCUT2D eigenvalue weighted by Gasteiger charge is -2.22. The normalized spacial score (nSPS) is 11.8.